The molecule has 0 aliphatic heterocycles. The molecule has 1 atom stereocenters. The Balaban J connectivity index is 1.80. The van der Waals surface area contributed by atoms with Crippen LogP contribution in [0.15, 0.2) is 0 Å². The molecule has 1 amide bonds. The lowest BCUT2D eigenvalue weighted by Gasteiger charge is -2.24. The van der Waals surface area contributed by atoms with Gasteiger partial charge in [-0.1, -0.05) is 19.3 Å². The third-order valence-electron chi connectivity index (χ3n) is 4.80. The van der Waals surface area contributed by atoms with E-state index in [1.807, 2.05) is 0 Å². The van der Waals surface area contributed by atoms with Crippen molar-refractivity contribution in [1.29, 1.82) is 0 Å². The maximum Gasteiger partial charge on any atom is 0.312 e. The van der Waals surface area contributed by atoms with E-state index in [4.69, 9.17) is 4.74 Å². The van der Waals surface area contributed by atoms with Crippen LogP contribution < -0.4 is 5.32 Å². The van der Waals surface area contributed by atoms with Crippen molar-refractivity contribution in [1.82, 2.24) is 5.32 Å². The molecule has 4 nitrogen and oxygen atoms in total. The van der Waals surface area contributed by atoms with Crippen LogP contribution in [-0.4, -0.2) is 24.5 Å². The Bertz CT molecular complexity index is 383. The van der Waals surface area contributed by atoms with Crippen LogP contribution >= 0.6 is 0 Å². The first-order valence-electron chi connectivity index (χ1n) is 7.86. The summed E-state index contributed by atoms with van der Waals surface area (Å²) in [4.78, 5) is 23.9. The van der Waals surface area contributed by atoms with Gasteiger partial charge in [-0.3, -0.25) is 9.59 Å². The van der Waals surface area contributed by atoms with Gasteiger partial charge in [0.1, 0.15) is 0 Å². The molecule has 2 fully saturated rings. The Kier molecular flexibility index (Phi) is 4.40. The molecule has 114 valence electrons. The molecular weight excluding hydrogens is 254 g/mol. The van der Waals surface area contributed by atoms with Gasteiger partial charge in [-0.2, -0.15) is 0 Å². The lowest BCUT2D eigenvalue weighted by atomic mass is 9.85. The molecule has 1 N–H and O–H groups in total. The summed E-state index contributed by atoms with van der Waals surface area (Å²) in [5.41, 5.74) is -0.351. The van der Waals surface area contributed by atoms with E-state index in [1.165, 1.54) is 32.1 Å². The normalized spacial score (nSPS) is 24.2. The van der Waals surface area contributed by atoms with Gasteiger partial charge in [0.2, 0.25) is 5.91 Å². The first-order chi connectivity index (χ1) is 9.39. The largest absolute Gasteiger partial charge is 0.466 e. The van der Waals surface area contributed by atoms with E-state index >= 15 is 0 Å². The molecule has 4 heteroatoms. The van der Waals surface area contributed by atoms with E-state index in [0.717, 1.165) is 6.42 Å². The zero-order valence-corrected chi connectivity index (χ0v) is 13.0. The van der Waals surface area contributed by atoms with Crippen molar-refractivity contribution < 1.29 is 14.3 Å². The van der Waals surface area contributed by atoms with Gasteiger partial charge >= 0.3 is 5.97 Å². The van der Waals surface area contributed by atoms with Crippen molar-refractivity contribution >= 4 is 11.9 Å². The van der Waals surface area contributed by atoms with Crippen LogP contribution in [0, 0.1) is 10.8 Å². The summed E-state index contributed by atoms with van der Waals surface area (Å²) in [6, 6.07) is 0.341. The number of carbonyl (C=O) groups is 2. The van der Waals surface area contributed by atoms with E-state index in [0.29, 0.717) is 18.1 Å². The average Bonchev–Trinajstić information content (AvgIpc) is 3.01. The average molecular weight is 281 g/mol. The van der Waals surface area contributed by atoms with Crippen molar-refractivity contribution in [2.75, 3.05) is 6.61 Å². The maximum absolute atomic E-state index is 12.1. The minimum Gasteiger partial charge on any atom is -0.466 e. The Morgan fingerprint density at radius 2 is 1.90 bits per heavy atom. The fourth-order valence-corrected chi connectivity index (χ4v) is 3.41. The summed E-state index contributed by atoms with van der Waals surface area (Å²) in [5, 5.41) is 3.12. The Labute approximate surface area is 121 Å². The number of nitrogens with one attached hydrogen (secondary N) is 1. The van der Waals surface area contributed by atoms with Crippen molar-refractivity contribution in [3.8, 4) is 0 Å². The summed E-state index contributed by atoms with van der Waals surface area (Å²) in [6.07, 6.45) is 7.75. The van der Waals surface area contributed by atoms with Crippen LogP contribution in [-0.2, 0) is 14.3 Å². The minimum atomic E-state index is -0.741. The van der Waals surface area contributed by atoms with Crippen LogP contribution in [0.25, 0.3) is 0 Å². The fourth-order valence-electron chi connectivity index (χ4n) is 3.41. The number of ether oxygens (including phenoxy) is 1. The van der Waals surface area contributed by atoms with Crippen molar-refractivity contribution in [2.24, 2.45) is 10.8 Å². The lowest BCUT2D eigenvalue weighted by Crippen LogP contribution is -2.37. The van der Waals surface area contributed by atoms with Gasteiger partial charge in [0.15, 0.2) is 0 Å². The highest BCUT2D eigenvalue weighted by Crippen LogP contribution is 2.56. The predicted molar refractivity (Wildman–Crippen MR) is 77.1 cm³/mol. The minimum absolute atomic E-state index is 0.0181. The number of esters is 1. The number of amides is 1. The SMILES string of the molecule is CCOC(=O)C(C)(C)CC(=O)NC1CC12CCCCC2. The summed E-state index contributed by atoms with van der Waals surface area (Å²) < 4.78 is 5.02. The van der Waals surface area contributed by atoms with Gasteiger partial charge in [-0.05, 0) is 45.4 Å². The number of hydrogen-bond donors (Lipinski definition) is 1. The number of carbonyl (C=O) groups excluding carboxylic acids is 2. The van der Waals surface area contributed by atoms with E-state index in [-0.39, 0.29) is 18.3 Å². The molecule has 0 heterocycles. The second-order valence-corrected chi connectivity index (χ2v) is 7.03. The van der Waals surface area contributed by atoms with Gasteiger partial charge in [0.05, 0.1) is 12.0 Å². The van der Waals surface area contributed by atoms with Crippen LogP contribution in [0.1, 0.15) is 65.7 Å². The van der Waals surface area contributed by atoms with Crippen LogP contribution in [0.2, 0.25) is 0 Å². The molecule has 0 aromatic heterocycles. The first kappa shape index (κ1) is 15.3. The second-order valence-electron chi connectivity index (χ2n) is 7.03. The standard InChI is InChI=1S/C16H27NO3/c1-4-20-14(19)15(2,3)11-13(18)17-12-10-16(12)8-6-5-7-9-16/h12H,4-11H2,1-3H3,(H,17,18). The molecule has 2 aliphatic carbocycles. The molecule has 2 rings (SSSR count). The van der Waals surface area contributed by atoms with Gasteiger partial charge in [-0.15, -0.1) is 0 Å². The molecule has 1 unspecified atom stereocenters. The maximum atomic E-state index is 12.1. The summed E-state index contributed by atoms with van der Waals surface area (Å²) in [6.45, 7) is 5.68. The third-order valence-corrected chi connectivity index (χ3v) is 4.80. The van der Waals surface area contributed by atoms with Crippen molar-refractivity contribution in [2.45, 2.75) is 71.8 Å². The highest BCUT2D eigenvalue weighted by Gasteiger charge is 2.54. The summed E-state index contributed by atoms with van der Waals surface area (Å²) >= 11 is 0. The quantitative estimate of drug-likeness (QED) is 0.788. The molecule has 0 bridgehead atoms. The molecule has 2 aliphatic rings. The van der Waals surface area contributed by atoms with E-state index < -0.39 is 5.41 Å². The number of hydrogen-bond acceptors (Lipinski definition) is 3. The monoisotopic (exact) mass is 281 g/mol. The zero-order chi connectivity index (χ0) is 14.8. The van der Waals surface area contributed by atoms with Crippen molar-refractivity contribution in [3.05, 3.63) is 0 Å². The van der Waals surface area contributed by atoms with E-state index in [2.05, 4.69) is 5.32 Å². The molecule has 1 spiro atoms. The first-order valence-corrected chi connectivity index (χ1v) is 7.86. The zero-order valence-electron chi connectivity index (χ0n) is 13.0. The third kappa shape index (κ3) is 3.33. The molecular formula is C16H27NO3. The fraction of sp³-hybridized carbons (Fsp3) is 0.875. The number of rotatable bonds is 5. The Morgan fingerprint density at radius 1 is 1.25 bits per heavy atom. The molecule has 0 radical (unpaired) electrons. The topological polar surface area (TPSA) is 55.4 Å². The molecule has 0 aromatic rings. The van der Waals surface area contributed by atoms with Gasteiger partial charge in [0.25, 0.3) is 0 Å². The lowest BCUT2D eigenvalue weighted by molar-refractivity contribution is -0.155. The highest BCUT2D eigenvalue weighted by atomic mass is 16.5. The molecule has 20 heavy (non-hydrogen) atoms. The Hall–Kier alpha value is -1.06. The van der Waals surface area contributed by atoms with Gasteiger partial charge < -0.3 is 10.1 Å². The van der Waals surface area contributed by atoms with Crippen molar-refractivity contribution in [3.63, 3.8) is 0 Å². The van der Waals surface area contributed by atoms with Crippen LogP contribution in [0.5, 0.6) is 0 Å². The van der Waals surface area contributed by atoms with Crippen LogP contribution in [0.3, 0.4) is 0 Å². The molecule has 0 saturated heterocycles. The summed E-state index contributed by atoms with van der Waals surface area (Å²) in [5.74, 6) is -0.311. The summed E-state index contributed by atoms with van der Waals surface area (Å²) in [7, 11) is 0. The highest BCUT2D eigenvalue weighted by molar-refractivity contribution is 5.85. The molecule has 0 aromatic carbocycles. The van der Waals surface area contributed by atoms with Gasteiger partial charge in [0, 0.05) is 12.5 Å². The van der Waals surface area contributed by atoms with E-state index in [9.17, 15) is 9.59 Å². The second kappa shape index (κ2) is 5.74. The Morgan fingerprint density at radius 3 is 2.50 bits per heavy atom. The molecule has 2 saturated carbocycles. The predicted octanol–water partition coefficient (Wildman–Crippen LogP) is 2.80. The van der Waals surface area contributed by atoms with E-state index in [1.54, 1.807) is 20.8 Å². The smallest absolute Gasteiger partial charge is 0.312 e. The van der Waals surface area contributed by atoms with Gasteiger partial charge in [-0.25, -0.2) is 0 Å². The van der Waals surface area contributed by atoms with Crippen LogP contribution in [0.4, 0.5) is 0 Å².